The second kappa shape index (κ2) is 7.18. The van der Waals surface area contributed by atoms with Crippen LogP contribution in [0.25, 0.3) is 0 Å². The quantitative estimate of drug-likeness (QED) is 0.724. The molecule has 102 valence electrons. The largest absolute Gasteiger partial charge is 0.465 e. The van der Waals surface area contributed by atoms with Gasteiger partial charge >= 0.3 is 5.97 Å². The highest BCUT2D eigenvalue weighted by atomic mass is 16.5. The Morgan fingerprint density at radius 1 is 1.61 bits per heavy atom. The Hall–Kier alpha value is -1.33. The predicted octanol–water partition coefficient (Wildman–Crippen LogP) is 1.63. The minimum Gasteiger partial charge on any atom is -0.465 e. The number of nitrogens with one attached hydrogen (secondary N) is 1. The molecule has 1 aromatic rings. The lowest BCUT2D eigenvalue weighted by molar-refractivity contribution is 0.0599. The van der Waals surface area contributed by atoms with Gasteiger partial charge in [-0.05, 0) is 19.4 Å². The van der Waals surface area contributed by atoms with Crippen LogP contribution in [-0.2, 0) is 11.3 Å². The number of hydrogen-bond acceptors (Lipinski definition) is 5. The summed E-state index contributed by atoms with van der Waals surface area (Å²) in [6, 6.07) is 1.67. The summed E-state index contributed by atoms with van der Waals surface area (Å²) in [7, 11) is 1.34. The van der Waals surface area contributed by atoms with E-state index < -0.39 is 5.97 Å². The van der Waals surface area contributed by atoms with Gasteiger partial charge < -0.3 is 19.6 Å². The highest BCUT2D eigenvalue weighted by Crippen LogP contribution is 2.15. The van der Waals surface area contributed by atoms with Gasteiger partial charge in [0.05, 0.1) is 19.8 Å². The van der Waals surface area contributed by atoms with E-state index >= 15 is 0 Å². The number of rotatable bonds is 7. The molecule has 0 amide bonds. The van der Waals surface area contributed by atoms with Crippen LogP contribution in [0.15, 0.2) is 10.5 Å². The number of methoxy groups -OCH3 is 1. The van der Waals surface area contributed by atoms with E-state index in [1.54, 1.807) is 13.0 Å². The zero-order valence-electron chi connectivity index (χ0n) is 11.2. The van der Waals surface area contributed by atoms with Gasteiger partial charge in [0.15, 0.2) is 0 Å². The number of aliphatic hydroxyl groups is 1. The van der Waals surface area contributed by atoms with Gasteiger partial charge in [0.2, 0.25) is 0 Å². The van der Waals surface area contributed by atoms with Crippen LogP contribution in [-0.4, -0.2) is 30.8 Å². The molecule has 1 rings (SSSR count). The summed E-state index contributed by atoms with van der Waals surface area (Å²) >= 11 is 0. The number of aryl methyl sites for hydroxylation is 1. The Balaban J connectivity index is 2.46. The lowest BCUT2D eigenvalue weighted by Gasteiger charge is -2.09. The van der Waals surface area contributed by atoms with Crippen molar-refractivity contribution in [3.8, 4) is 0 Å². The third kappa shape index (κ3) is 4.16. The Bertz CT molecular complexity index is 386. The number of ether oxygens (including phenoxy) is 1. The second-order valence-electron chi connectivity index (χ2n) is 4.25. The number of carbonyl (C=O) groups is 1. The van der Waals surface area contributed by atoms with Gasteiger partial charge in [0.25, 0.3) is 0 Å². The van der Waals surface area contributed by atoms with Gasteiger partial charge in [-0.1, -0.05) is 13.3 Å². The molecule has 0 spiro atoms. The molecule has 2 N–H and O–H groups in total. The maximum Gasteiger partial charge on any atom is 0.341 e. The normalized spacial score (nSPS) is 12.4. The third-order valence-corrected chi connectivity index (χ3v) is 2.68. The number of aliphatic hydroxyl groups excluding tert-OH is 1. The first-order valence-electron chi connectivity index (χ1n) is 6.14. The van der Waals surface area contributed by atoms with E-state index in [0.29, 0.717) is 30.2 Å². The summed E-state index contributed by atoms with van der Waals surface area (Å²) in [5.41, 5.74) is 0.448. The maximum atomic E-state index is 11.4. The SMILES string of the molecule is CCCC(O)CNCc1cc(C(=O)OC)c(C)o1. The predicted molar refractivity (Wildman–Crippen MR) is 67.4 cm³/mol. The zero-order chi connectivity index (χ0) is 13.5. The summed E-state index contributed by atoms with van der Waals surface area (Å²) < 4.78 is 10.1. The molecule has 0 aromatic carbocycles. The molecule has 1 atom stereocenters. The number of furan rings is 1. The van der Waals surface area contributed by atoms with E-state index in [0.717, 1.165) is 12.8 Å². The first-order chi connectivity index (χ1) is 8.58. The van der Waals surface area contributed by atoms with Gasteiger partial charge in [-0.15, -0.1) is 0 Å². The van der Waals surface area contributed by atoms with Crippen LogP contribution < -0.4 is 5.32 Å². The molecule has 0 aliphatic carbocycles. The minimum atomic E-state index is -0.395. The van der Waals surface area contributed by atoms with Crippen molar-refractivity contribution in [3.63, 3.8) is 0 Å². The van der Waals surface area contributed by atoms with Crippen LogP contribution in [0, 0.1) is 6.92 Å². The van der Waals surface area contributed by atoms with Gasteiger partial charge in [0.1, 0.15) is 17.1 Å². The fraction of sp³-hybridized carbons (Fsp3) is 0.615. The zero-order valence-corrected chi connectivity index (χ0v) is 11.2. The van der Waals surface area contributed by atoms with Crippen LogP contribution >= 0.6 is 0 Å². The molecule has 0 saturated heterocycles. The Morgan fingerprint density at radius 2 is 2.33 bits per heavy atom. The Labute approximate surface area is 107 Å². The van der Waals surface area contributed by atoms with Crippen molar-refractivity contribution in [3.05, 3.63) is 23.2 Å². The van der Waals surface area contributed by atoms with E-state index in [4.69, 9.17) is 4.42 Å². The van der Waals surface area contributed by atoms with Crippen molar-refractivity contribution in [1.82, 2.24) is 5.32 Å². The number of esters is 1. The van der Waals surface area contributed by atoms with Crippen molar-refractivity contribution < 1.29 is 19.1 Å². The molecule has 1 aromatic heterocycles. The number of carbonyl (C=O) groups excluding carboxylic acids is 1. The number of hydrogen-bond donors (Lipinski definition) is 2. The first-order valence-corrected chi connectivity index (χ1v) is 6.14. The average molecular weight is 255 g/mol. The topological polar surface area (TPSA) is 71.7 Å². The molecule has 18 heavy (non-hydrogen) atoms. The molecule has 0 aliphatic heterocycles. The van der Waals surface area contributed by atoms with Crippen LogP contribution in [0.5, 0.6) is 0 Å². The van der Waals surface area contributed by atoms with Crippen molar-refractivity contribution in [2.24, 2.45) is 0 Å². The van der Waals surface area contributed by atoms with Crippen LogP contribution in [0.2, 0.25) is 0 Å². The van der Waals surface area contributed by atoms with E-state index in [1.165, 1.54) is 7.11 Å². The lowest BCUT2D eigenvalue weighted by atomic mass is 10.2. The van der Waals surface area contributed by atoms with Crippen molar-refractivity contribution in [2.75, 3.05) is 13.7 Å². The Morgan fingerprint density at radius 3 is 2.94 bits per heavy atom. The van der Waals surface area contributed by atoms with Crippen LogP contribution in [0.4, 0.5) is 0 Å². The summed E-state index contributed by atoms with van der Waals surface area (Å²) in [6.45, 7) is 4.75. The average Bonchev–Trinajstić information content (AvgIpc) is 2.70. The minimum absolute atomic E-state index is 0.342. The fourth-order valence-electron chi connectivity index (χ4n) is 1.74. The van der Waals surface area contributed by atoms with Crippen LogP contribution in [0.1, 0.15) is 41.6 Å². The first kappa shape index (κ1) is 14.7. The fourth-order valence-corrected chi connectivity index (χ4v) is 1.74. The van der Waals surface area contributed by atoms with Gasteiger partial charge in [-0.2, -0.15) is 0 Å². The lowest BCUT2D eigenvalue weighted by Crippen LogP contribution is -2.26. The molecule has 0 bridgehead atoms. The third-order valence-electron chi connectivity index (χ3n) is 2.68. The summed E-state index contributed by atoms with van der Waals surface area (Å²) in [4.78, 5) is 11.4. The molecule has 0 fully saturated rings. The van der Waals surface area contributed by atoms with E-state index in [-0.39, 0.29) is 6.10 Å². The van der Waals surface area contributed by atoms with Crippen molar-refractivity contribution >= 4 is 5.97 Å². The van der Waals surface area contributed by atoms with E-state index in [9.17, 15) is 9.90 Å². The standard InChI is InChI=1S/C13H21NO4/c1-4-5-10(15)7-14-8-11-6-12(9(2)18-11)13(16)17-3/h6,10,14-15H,4-5,7-8H2,1-3H3. The van der Waals surface area contributed by atoms with Gasteiger partial charge in [0, 0.05) is 6.54 Å². The molecule has 5 nitrogen and oxygen atoms in total. The molecule has 5 heteroatoms. The molecule has 0 aliphatic rings. The highest BCUT2D eigenvalue weighted by Gasteiger charge is 2.15. The van der Waals surface area contributed by atoms with Crippen LogP contribution in [0.3, 0.4) is 0 Å². The second-order valence-corrected chi connectivity index (χ2v) is 4.25. The molecule has 1 heterocycles. The van der Waals surface area contributed by atoms with Gasteiger partial charge in [-0.25, -0.2) is 4.79 Å². The molecular formula is C13H21NO4. The maximum absolute atomic E-state index is 11.4. The highest BCUT2D eigenvalue weighted by molar-refractivity contribution is 5.90. The molecule has 1 unspecified atom stereocenters. The van der Waals surface area contributed by atoms with E-state index in [1.807, 2.05) is 6.92 Å². The van der Waals surface area contributed by atoms with Crippen molar-refractivity contribution in [2.45, 2.75) is 39.3 Å². The molecular weight excluding hydrogens is 234 g/mol. The summed E-state index contributed by atoms with van der Waals surface area (Å²) in [5.74, 6) is 0.817. The van der Waals surface area contributed by atoms with E-state index in [2.05, 4.69) is 10.1 Å². The van der Waals surface area contributed by atoms with Crippen molar-refractivity contribution in [1.29, 1.82) is 0 Å². The smallest absolute Gasteiger partial charge is 0.341 e. The monoisotopic (exact) mass is 255 g/mol. The summed E-state index contributed by atoms with van der Waals surface area (Å²) in [5, 5.41) is 12.6. The summed E-state index contributed by atoms with van der Waals surface area (Å²) in [6.07, 6.45) is 1.39. The van der Waals surface area contributed by atoms with Gasteiger partial charge in [-0.3, -0.25) is 0 Å². The molecule has 0 radical (unpaired) electrons. The Kier molecular flexibility index (Phi) is 5.88. The molecule has 0 saturated carbocycles.